The summed E-state index contributed by atoms with van der Waals surface area (Å²) in [6.45, 7) is 0.962. The van der Waals surface area contributed by atoms with Gasteiger partial charge in [-0.25, -0.2) is 23.4 Å². The fraction of sp³-hybridized carbons (Fsp3) is 0.259. The fourth-order valence-electron chi connectivity index (χ4n) is 4.53. The van der Waals surface area contributed by atoms with Crippen LogP contribution in [0.25, 0.3) is 10.9 Å². The van der Waals surface area contributed by atoms with Crippen molar-refractivity contribution in [2.75, 3.05) is 16.9 Å². The Hall–Kier alpha value is -4.09. The van der Waals surface area contributed by atoms with E-state index in [2.05, 4.69) is 15.0 Å². The van der Waals surface area contributed by atoms with E-state index >= 15 is 0 Å². The number of sulfone groups is 1. The van der Waals surface area contributed by atoms with Crippen LogP contribution in [0.2, 0.25) is 0 Å². The molecule has 10 nitrogen and oxygen atoms in total. The number of amides is 1. The largest absolute Gasteiger partial charge is 0.474 e. The van der Waals surface area contributed by atoms with Crippen LogP contribution in [0.15, 0.2) is 59.9 Å². The van der Waals surface area contributed by atoms with E-state index in [4.69, 9.17) is 15.2 Å². The molecule has 0 saturated heterocycles. The summed E-state index contributed by atoms with van der Waals surface area (Å²) in [6, 6.07) is 12.1. The van der Waals surface area contributed by atoms with E-state index in [0.717, 1.165) is 41.2 Å². The molecule has 1 aromatic carbocycles. The van der Waals surface area contributed by atoms with Crippen LogP contribution in [0.1, 0.15) is 39.9 Å². The van der Waals surface area contributed by atoms with Crippen molar-refractivity contribution in [1.82, 2.24) is 15.0 Å². The van der Waals surface area contributed by atoms with Crippen molar-refractivity contribution < 1.29 is 22.7 Å². The topological polar surface area (TPSA) is 138 Å². The average molecular weight is 532 g/mol. The maximum atomic E-state index is 13.8. The fourth-order valence-corrected chi connectivity index (χ4v) is 5.34. The summed E-state index contributed by atoms with van der Waals surface area (Å²) in [5.41, 5.74) is 9.96. The lowest BCUT2D eigenvalue weighted by Crippen LogP contribution is -2.32. The van der Waals surface area contributed by atoms with Crippen molar-refractivity contribution in [3.8, 4) is 5.88 Å². The summed E-state index contributed by atoms with van der Waals surface area (Å²) in [4.78, 5) is 28.1. The van der Waals surface area contributed by atoms with Gasteiger partial charge in [-0.2, -0.15) is 0 Å². The highest BCUT2D eigenvalue weighted by Gasteiger charge is 2.27. The molecule has 0 radical (unpaired) electrons. The van der Waals surface area contributed by atoms with Crippen molar-refractivity contribution in [3.63, 3.8) is 0 Å². The number of benzene rings is 1. The summed E-state index contributed by atoms with van der Waals surface area (Å²) in [6.07, 6.45) is 6.06. The zero-order valence-electron chi connectivity index (χ0n) is 20.6. The predicted molar refractivity (Wildman–Crippen MR) is 140 cm³/mol. The number of fused-ring (bicyclic) bond motifs is 3. The molecule has 3 aromatic heterocycles. The second kappa shape index (κ2) is 9.34. The third kappa shape index (κ3) is 4.66. The Bertz CT molecular complexity index is 1670. The SMILES string of the molecule is CS(=O)(=O)c1ncccc1N(Cc1ccc2c3c(c(N)nc2c1)COC3)C(=O)c1ccc(OC2CC2)nc1. The molecular formula is C27H25N5O5S. The molecular weight excluding hydrogens is 506 g/mol. The number of aromatic nitrogens is 3. The number of anilines is 2. The third-order valence-corrected chi connectivity index (χ3v) is 7.59. The van der Waals surface area contributed by atoms with Crippen LogP contribution in [0.5, 0.6) is 5.88 Å². The first-order valence-electron chi connectivity index (χ1n) is 12.1. The molecule has 6 rings (SSSR count). The van der Waals surface area contributed by atoms with Gasteiger partial charge in [-0.3, -0.25) is 4.79 Å². The second-order valence-corrected chi connectivity index (χ2v) is 11.4. The molecule has 0 bridgehead atoms. The van der Waals surface area contributed by atoms with Crippen LogP contribution >= 0.6 is 0 Å². The van der Waals surface area contributed by atoms with Gasteiger partial charge in [-0.1, -0.05) is 12.1 Å². The molecule has 0 unspecified atom stereocenters. The number of ether oxygens (including phenoxy) is 2. The minimum atomic E-state index is -3.73. The molecule has 1 aliphatic carbocycles. The van der Waals surface area contributed by atoms with Crippen LogP contribution in [0, 0.1) is 0 Å². The first kappa shape index (κ1) is 24.3. The molecule has 38 heavy (non-hydrogen) atoms. The van der Waals surface area contributed by atoms with Gasteiger partial charge in [0.05, 0.1) is 36.5 Å². The van der Waals surface area contributed by atoms with Gasteiger partial charge in [-0.15, -0.1) is 0 Å². The molecule has 1 amide bonds. The molecule has 2 N–H and O–H groups in total. The minimum absolute atomic E-state index is 0.0679. The van der Waals surface area contributed by atoms with Crippen LogP contribution in [0.3, 0.4) is 0 Å². The van der Waals surface area contributed by atoms with Crippen molar-refractivity contribution >= 4 is 38.2 Å². The van der Waals surface area contributed by atoms with E-state index in [1.165, 1.54) is 17.3 Å². The van der Waals surface area contributed by atoms with Gasteiger partial charge in [0.25, 0.3) is 5.91 Å². The molecule has 1 saturated carbocycles. The highest BCUT2D eigenvalue weighted by Crippen LogP contribution is 2.33. The van der Waals surface area contributed by atoms with Crippen molar-refractivity contribution in [3.05, 3.63) is 77.1 Å². The van der Waals surface area contributed by atoms with Crippen molar-refractivity contribution in [2.45, 2.75) is 43.7 Å². The Balaban J connectivity index is 1.40. The van der Waals surface area contributed by atoms with E-state index in [9.17, 15) is 13.2 Å². The monoisotopic (exact) mass is 531 g/mol. The number of hydrogen-bond acceptors (Lipinski definition) is 9. The maximum Gasteiger partial charge on any atom is 0.260 e. The molecule has 4 heterocycles. The van der Waals surface area contributed by atoms with Crippen molar-refractivity contribution in [2.24, 2.45) is 0 Å². The van der Waals surface area contributed by atoms with Gasteiger partial charge in [0.15, 0.2) is 14.9 Å². The lowest BCUT2D eigenvalue weighted by Gasteiger charge is -2.24. The van der Waals surface area contributed by atoms with E-state index in [0.29, 0.717) is 30.4 Å². The summed E-state index contributed by atoms with van der Waals surface area (Å²) in [7, 11) is -3.73. The first-order chi connectivity index (χ1) is 18.3. The Morgan fingerprint density at radius 2 is 1.95 bits per heavy atom. The quantitative estimate of drug-likeness (QED) is 0.380. The van der Waals surface area contributed by atoms with E-state index < -0.39 is 15.7 Å². The Morgan fingerprint density at radius 1 is 1.13 bits per heavy atom. The number of hydrogen-bond donors (Lipinski definition) is 1. The van der Waals surface area contributed by atoms with Gasteiger partial charge < -0.3 is 20.1 Å². The average Bonchev–Trinajstić information content (AvgIpc) is 3.57. The van der Waals surface area contributed by atoms with Crippen molar-refractivity contribution in [1.29, 1.82) is 0 Å². The highest BCUT2D eigenvalue weighted by molar-refractivity contribution is 7.90. The van der Waals surface area contributed by atoms with Gasteiger partial charge in [0.2, 0.25) is 5.88 Å². The normalized spacial score (nSPS) is 14.9. The van der Waals surface area contributed by atoms with Crippen LogP contribution in [-0.4, -0.2) is 41.6 Å². The smallest absolute Gasteiger partial charge is 0.260 e. The minimum Gasteiger partial charge on any atom is -0.474 e. The number of nitrogens with two attached hydrogens (primary N) is 1. The molecule has 2 aliphatic rings. The Kier molecular flexibility index (Phi) is 5.96. The maximum absolute atomic E-state index is 13.8. The van der Waals surface area contributed by atoms with Crippen LogP contribution in [0.4, 0.5) is 11.5 Å². The molecule has 0 spiro atoms. The van der Waals surface area contributed by atoms with Crippen LogP contribution in [-0.2, 0) is 34.3 Å². The first-order valence-corrected chi connectivity index (χ1v) is 14.0. The second-order valence-electron chi connectivity index (χ2n) is 9.49. The number of carbonyl (C=O) groups excluding carboxylic acids is 1. The highest BCUT2D eigenvalue weighted by atomic mass is 32.2. The zero-order chi connectivity index (χ0) is 26.4. The summed E-state index contributed by atoms with van der Waals surface area (Å²) >= 11 is 0. The number of pyridine rings is 3. The Labute approximate surface area is 219 Å². The summed E-state index contributed by atoms with van der Waals surface area (Å²) in [5.74, 6) is 0.438. The molecule has 1 fully saturated rings. The van der Waals surface area contributed by atoms with E-state index in [-0.39, 0.29) is 28.9 Å². The van der Waals surface area contributed by atoms with E-state index in [1.807, 2.05) is 18.2 Å². The number of rotatable bonds is 7. The van der Waals surface area contributed by atoms with Gasteiger partial charge in [0, 0.05) is 35.7 Å². The molecule has 1 aliphatic heterocycles. The Morgan fingerprint density at radius 3 is 2.68 bits per heavy atom. The number of nitrogens with zero attached hydrogens (tertiary/aromatic N) is 4. The lowest BCUT2D eigenvalue weighted by atomic mass is 10.0. The van der Waals surface area contributed by atoms with Gasteiger partial charge in [0.1, 0.15) is 11.9 Å². The lowest BCUT2D eigenvalue weighted by molar-refractivity contribution is 0.0984. The van der Waals surface area contributed by atoms with Crippen LogP contribution < -0.4 is 15.4 Å². The number of nitrogen functional groups attached to an aromatic ring is 1. The summed E-state index contributed by atoms with van der Waals surface area (Å²) in [5, 5.41) is 0.745. The van der Waals surface area contributed by atoms with Gasteiger partial charge in [-0.05, 0) is 48.2 Å². The summed E-state index contributed by atoms with van der Waals surface area (Å²) < 4.78 is 36.4. The standard InChI is InChI=1S/C27H25N5O5S/c1-38(34,35)26-23(3-2-10-29-26)32(27(33)17-5-9-24(30-12-17)37-18-6-7-18)13-16-4-8-19-20-14-36-15-21(20)25(28)31-22(19)11-16/h2-5,8-12,18H,6-7,13-15H2,1H3,(H2,28,31). The predicted octanol–water partition coefficient (Wildman–Crippen LogP) is 3.43. The van der Waals surface area contributed by atoms with E-state index in [1.54, 1.807) is 24.3 Å². The number of carbonyl (C=O) groups is 1. The van der Waals surface area contributed by atoms with Gasteiger partial charge >= 0.3 is 0 Å². The molecule has 0 atom stereocenters. The molecule has 11 heteroatoms. The zero-order valence-corrected chi connectivity index (χ0v) is 21.4. The third-order valence-electron chi connectivity index (χ3n) is 6.57. The molecule has 4 aromatic rings. The molecule has 194 valence electrons.